The number of carboxylic acid groups (broad SMARTS) is 3. The van der Waals surface area contributed by atoms with Crippen LogP contribution in [0.2, 0.25) is 0 Å². The van der Waals surface area contributed by atoms with Crippen molar-refractivity contribution in [3.8, 4) is 5.75 Å². The number of aliphatic hydroxyl groups is 3. The molecule has 18 rings (SSSR count). The van der Waals surface area contributed by atoms with Crippen LogP contribution in [-0.4, -0.2) is 187 Å². The number of thiophene rings is 1. The van der Waals surface area contributed by atoms with Gasteiger partial charge in [-0.05, 0) is 90.8 Å². The fourth-order valence-corrected chi connectivity index (χ4v) is 20.8. The third-order valence-corrected chi connectivity index (χ3v) is 27.8. The van der Waals surface area contributed by atoms with Crippen molar-refractivity contribution in [2.75, 3.05) is 85.1 Å². The molecular weight excluding hydrogens is 1620 g/mol. The maximum absolute atomic E-state index is 13.7. The summed E-state index contributed by atoms with van der Waals surface area (Å²) >= 11 is 1.84. The number of rotatable bonds is 24. The summed E-state index contributed by atoms with van der Waals surface area (Å²) in [4.78, 5) is 69.0. The van der Waals surface area contributed by atoms with Crippen LogP contribution in [0.5, 0.6) is 5.75 Å². The normalized spacial score (nSPS) is 26.0. The molecule has 9 aliphatic heterocycles. The summed E-state index contributed by atoms with van der Waals surface area (Å²) in [5.74, 6) is -8.28. The fraction of sp³-hybridized carbons (Fsp3) is 0.570. The Bertz CT molecular complexity index is 4150. The van der Waals surface area contributed by atoms with Gasteiger partial charge in [0.25, 0.3) is 0 Å². The molecule has 6 aromatic rings. The average Bonchev–Trinajstić information content (AvgIpc) is 0.980. The van der Waals surface area contributed by atoms with Crippen molar-refractivity contribution in [2.24, 2.45) is 35.5 Å². The second kappa shape index (κ2) is 43.4. The zero-order valence-corrected chi connectivity index (χ0v) is 69.8. The predicted molar refractivity (Wildman–Crippen MR) is 430 cm³/mol. The first kappa shape index (κ1) is 95.8. The lowest BCUT2D eigenvalue weighted by molar-refractivity contribution is -0.946. The lowest BCUT2D eigenvalue weighted by Crippen LogP contribution is -2.65. The number of carboxylic acids is 3. The maximum atomic E-state index is 13.7. The van der Waals surface area contributed by atoms with Crippen LogP contribution in [0.3, 0.4) is 0 Å². The number of halogens is 9. The Morgan fingerprint density at radius 3 is 0.943 bits per heavy atom. The third-order valence-electron chi connectivity index (χ3n) is 26.9. The van der Waals surface area contributed by atoms with E-state index in [0.717, 1.165) is 206 Å². The number of aliphatic carboxylic acids is 3. The summed E-state index contributed by atoms with van der Waals surface area (Å²) in [5.41, 5.74) is -1.18. The topological polar surface area (TPSA) is 269 Å². The number of hydrogen-bond donors (Lipinski definition) is 3. The summed E-state index contributed by atoms with van der Waals surface area (Å²) in [6.45, 7) is 13.7. The van der Waals surface area contributed by atoms with Gasteiger partial charge >= 0.3 is 36.4 Å². The molecule has 3 N–H and O–H groups in total. The number of carbonyl (C=O) groups excluding carboxylic acids is 6. The molecule has 19 nitrogen and oxygen atoms in total. The number of nitrogens with zero attached hydrogens (tertiary/aromatic N) is 3. The molecule has 12 fully saturated rings. The van der Waals surface area contributed by atoms with Crippen molar-refractivity contribution in [1.29, 1.82) is 0 Å². The summed E-state index contributed by atoms with van der Waals surface area (Å²) in [7, 11) is 0. The minimum absolute atomic E-state index is 0.0591. The molecular formula is C93H116F9N3O16S. The van der Waals surface area contributed by atoms with Gasteiger partial charge in [0, 0.05) is 98.2 Å². The van der Waals surface area contributed by atoms with E-state index in [-0.39, 0.29) is 36.1 Å². The molecule has 0 spiro atoms. The third kappa shape index (κ3) is 25.6. The predicted octanol–water partition coefficient (Wildman–Crippen LogP) is 13.1. The van der Waals surface area contributed by atoms with Gasteiger partial charge < -0.3 is 77.4 Å². The van der Waals surface area contributed by atoms with E-state index in [4.69, 9.17) is 48.7 Å². The number of ether oxygens (including phenoxy) is 4. The maximum Gasteiger partial charge on any atom is 0.430 e. The summed E-state index contributed by atoms with van der Waals surface area (Å²) in [5, 5.41) is 64.3. The Balaban J connectivity index is 0.000000171. The van der Waals surface area contributed by atoms with Gasteiger partial charge in [0.05, 0.1) is 65.5 Å². The van der Waals surface area contributed by atoms with Crippen LogP contribution >= 0.6 is 11.3 Å². The summed E-state index contributed by atoms with van der Waals surface area (Å²) < 4.78 is 122. The molecule has 122 heavy (non-hydrogen) atoms. The highest BCUT2D eigenvalue weighted by Crippen LogP contribution is 2.47. The largest absolute Gasteiger partial charge is 0.542 e. The SMILES string of the molecule is O=C(O[C@H]1C[N+]2(CCCOc3ccccc3)CCC1CC2)[C@@](O)(c1ccccc1)C1CCCCC1.O=C(O[C@H]1C[N+]2(CCCc3cccs3)CCC1CC2)[C@@](O)(c1ccccc1)C1CCCCC1.O=C(O[C@H]1C[N+]2(CCc3ccccc3)CCC1CC2)[C@@](O)(c1ccccc1)C1CCCCC1.O=C([O-])C(F)(F)F.O=C([O-])C(F)(F)F.O=C([O-])C(F)(F)F. The van der Waals surface area contributed by atoms with Crippen molar-refractivity contribution >= 4 is 47.2 Å². The second-order valence-corrected chi connectivity index (χ2v) is 35.7. The van der Waals surface area contributed by atoms with E-state index >= 15 is 0 Å². The smallest absolute Gasteiger partial charge is 0.430 e. The molecule has 29 heteroatoms. The van der Waals surface area contributed by atoms with Gasteiger partial charge in [-0.2, -0.15) is 39.5 Å². The molecule has 0 amide bonds. The number of alkyl halides is 9. The molecule has 3 saturated carbocycles. The van der Waals surface area contributed by atoms with Crippen molar-refractivity contribution in [1.82, 2.24) is 0 Å². The van der Waals surface area contributed by atoms with Gasteiger partial charge in [0.15, 0.2) is 35.1 Å². The lowest BCUT2D eigenvalue weighted by Gasteiger charge is -2.52. The fourth-order valence-electron chi connectivity index (χ4n) is 20.0. The number of carbonyl (C=O) groups is 6. The molecule has 10 heterocycles. The van der Waals surface area contributed by atoms with Gasteiger partial charge in [0.2, 0.25) is 0 Å². The van der Waals surface area contributed by atoms with Crippen LogP contribution in [0, 0.1) is 35.5 Å². The van der Waals surface area contributed by atoms with Gasteiger partial charge in [-0.3, -0.25) is 0 Å². The number of para-hydroxylation sites is 1. The van der Waals surface area contributed by atoms with E-state index in [0.29, 0.717) is 41.1 Å². The lowest BCUT2D eigenvalue weighted by atomic mass is 9.73. The van der Waals surface area contributed by atoms with E-state index in [1.165, 1.54) is 62.3 Å². The van der Waals surface area contributed by atoms with Crippen LogP contribution in [0.4, 0.5) is 39.5 Å². The van der Waals surface area contributed by atoms with E-state index in [2.05, 4.69) is 47.8 Å². The first-order valence-corrected chi connectivity index (χ1v) is 44.1. The minimum Gasteiger partial charge on any atom is -0.542 e. The molecule has 12 aliphatic rings. The van der Waals surface area contributed by atoms with Crippen molar-refractivity contribution in [3.63, 3.8) is 0 Å². The van der Waals surface area contributed by atoms with Gasteiger partial charge in [0.1, 0.15) is 43.3 Å². The molecule has 6 bridgehead atoms. The zero-order valence-electron chi connectivity index (χ0n) is 69.0. The molecule has 9 saturated heterocycles. The number of piperidine rings is 9. The Labute approximate surface area is 711 Å². The second-order valence-electron chi connectivity index (χ2n) is 34.6. The monoisotopic (exact) mass is 1730 g/mol. The van der Waals surface area contributed by atoms with Crippen molar-refractivity contribution in [2.45, 2.75) is 214 Å². The first-order chi connectivity index (χ1) is 58.1. The number of benzene rings is 5. The number of quaternary nitrogens is 3. The standard InChI is InChI=1S/C30H40NO4.C29H38NO3.C28H38NO3S.3C2HF3O2/c32-29(30(33,25-11-4-1-5-12-25)26-13-6-2-7-14-26)35-28-23-31(20-17-24(28)18-21-31)19-10-22-34-27-15-8-3-9-16-27;31-28(29(32,25-12-6-2-7-13-25)26-14-8-3-9-15-26)33-27-22-30(20-17-24(27)18-21-30)19-16-23-10-4-1-5-11-23;30-27(28(31,23-9-3-1-4-10-23)24-11-5-2-6-12-24)32-26-21-29(18-15-22(26)16-19-29)17-7-13-25-14-8-20-33-25;3*3-2(4,5)1(6)7/h1,3-5,8-9,11-12,15-16,24,26,28,33H,2,6-7,10,13-14,17-23H2;1-2,4-7,10-13,24,26-27,32H,3,8-9,14-22H2;1,3-4,8-10,14,20,22,24,26,31H,2,5-7,11-13,15-19,21H2;3*(H,6,7)/q3*+1;;;/p-3/t24?,28-,30+,31?;24?,27-,29+,30?;22?,26-,28+,29?;;;/m000.../s1. The number of fused-ring (bicyclic) bond motifs is 9. The van der Waals surface area contributed by atoms with Crippen molar-refractivity contribution in [3.05, 3.63) is 196 Å². The Morgan fingerprint density at radius 1 is 0.361 bits per heavy atom. The van der Waals surface area contributed by atoms with Crippen LogP contribution in [-0.2, 0) is 72.6 Å². The zero-order chi connectivity index (χ0) is 87.8. The van der Waals surface area contributed by atoms with Crippen LogP contribution in [0.15, 0.2) is 169 Å². The Hall–Kier alpha value is -8.45. The highest BCUT2D eigenvalue weighted by molar-refractivity contribution is 7.09. The Morgan fingerprint density at radius 2 is 0.648 bits per heavy atom. The highest BCUT2D eigenvalue weighted by atomic mass is 32.1. The molecule has 668 valence electrons. The van der Waals surface area contributed by atoms with Gasteiger partial charge in [-0.15, -0.1) is 11.3 Å². The average molecular weight is 1740 g/mol. The van der Waals surface area contributed by atoms with E-state index in [9.17, 15) is 69.2 Å². The van der Waals surface area contributed by atoms with E-state index in [1.54, 1.807) is 0 Å². The van der Waals surface area contributed by atoms with Crippen LogP contribution < -0.4 is 20.1 Å². The van der Waals surface area contributed by atoms with Gasteiger partial charge in [-0.25, -0.2) is 14.4 Å². The molecule has 3 aliphatic carbocycles. The van der Waals surface area contributed by atoms with E-state index < -0.39 is 71.1 Å². The van der Waals surface area contributed by atoms with E-state index in [1.807, 2.05) is 133 Å². The molecule has 0 unspecified atom stereocenters. The number of aryl methyl sites for hydroxylation is 1. The Kier molecular flexibility index (Phi) is 34.1. The van der Waals surface area contributed by atoms with Crippen LogP contribution in [0.1, 0.15) is 175 Å². The quantitative estimate of drug-likeness (QED) is 0.0167. The van der Waals surface area contributed by atoms with Gasteiger partial charge in [-0.1, -0.05) is 203 Å². The number of esters is 3. The highest BCUT2D eigenvalue weighted by Gasteiger charge is 2.56. The molecule has 0 radical (unpaired) electrons. The molecule has 6 atom stereocenters. The summed E-state index contributed by atoms with van der Waals surface area (Å²) in [6, 6.07) is 53.6. The van der Waals surface area contributed by atoms with Crippen LogP contribution in [0.25, 0.3) is 0 Å². The number of hydrogen-bond acceptors (Lipinski definition) is 17. The van der Waals surface area contributed by atoms with Crippen molar-refractivity contribution < 1.29 is 131 Å². The first-order valence-electron chi connectivity index (χ1n) is 43.2. The minimum atomic E-state index is -5.19. The molecule has 5 aromatic carbocycles. The molecule has 1 aromatic heterocycles. The summed E-state index contributed by atoms with van der Waals surface area (Å²) in [6.07, 6.45) is 10.4.